The summed E-state index contributed by atoms with van der Waals surface area (Å²) in [6, 6.07) is 3.09. The smallest absolute Gasteiger partial charge is 0.314 e. The van der Waals surface area contributed by atoms with Gasteiger partial charge >= 0.3 is 5.97 Å². The summed E-state index contributed by atoms with van der Waals surface area (Å²) in [6.45, 7) is 0.541. The van der Waals surface area contributed by atoms with Crippen molar-refractivity contribution >= 4 is 5.97 Å². The number of hydrogen-bond acceptors (Lipinski definition) is 2. The average molecular weight is 250 g/mol. The number of fused-ring (bicyclic) bond motifs is 1. The van der Waals surface area contributed by atoms with E-state index < -0.39 is 17.2 Å². The number of ether oxygens (including phenoxy) is 1. The van der Waals surface area contributed by atoms with E-state index in [-0.39, 0.29) is 5.56 Å². The summed E-state index contributed by atoms with van der Waals surface area (Å²) >= 11 is 0. The zero-order chi connectivity index (χ0) is 12.8. The normalized spacial score (nSPS) is 20.5. The number of carboxylic acids is 1. The lowest BCUT2D eigenvalue weighted by atomic mass is 9.63. The van der Waals surface area contributed by atoms with Gasteiger partial charge in [0, 0.05) is 5.56 Å². The minimum Gasteiger partial charge on any atom is -0.493 e. The van der Waals surface area contributed by atoms with Gasteiger partial charge in [-0.25, -0.2) is 4.39 Å². The van der Waals surface area contributed by atoms with E-state index in [4.69, 9.17) is 4.74 Å². The molecular formula is C14H15FO3. The third-order valence-corrected chi connectivity index (χ3v) is 4.12. The molecule has 1 aromatic rings. The topological polar surface area (TPSA) is 46.5 Å². The Morgan fingerprint density at radius 3 is 2.72 bits per heavy atom. The molecule has 3 rings (SSSR count). The third kappa shape index (κ3) is 1.44. The van der Waals surface area contributed by atoms with Crippen LogP contribution < -0.4 is 4.74 Å². The Balaban J connectivity index is 2.18. The van der Waals surface area contributed by atoms with Gasteiger partial charge in [-0.1, -0.05) is 12.5 Å². The second kappa shape index (κ2) is 3.97. The van der Waals surface area contributed by atoms with Crippen molar-refractivity contribution in [2.24, 2.45) is 0 Å². The number of carboxylic acid groups (broad SMARTS) is 1. The Labute approximate surface area is 105 Å². The predicted octanol–water partition coefficient (Wildman–Crippen LogP) is 2.66. The summed E-state index contributed by atoms with van der Waals surface area (Å²) in [7, 11) is 0. The molecule has 0 bridgehead atoms. The van der Waals surface area contributed by atoms with Crippen LogP contribution in [-0.2, 0) is 16.6 Å². The van der Waals surface area contributed by atoms with Gasteiger partial charge in [-0.2, -0.15) is 0 Å². The van der Waals surface area contributed by atoms with Crippen molar-refractivity contribution in [3.8, 4) is 5.75 Å². The molecule has 96 valence electrons. The van der Waals surface area contributed by atoms with Crippen molar-refractivity contribution < 1.29 is 19.0 Å². The number of aryl methyl sites for hydroxylation is 1. The highest BCUT2D eigenvalue weighted by molar-refractivity contribution is 5.84. The molecule has 3 nitrogen and oxygen atoms in total. The molecule has 1 aromatic carbocycles. The van der Waals surface area contributed by atoms with E-state index in [9.17, 15) is 14.3 Å². The van der Waals surface area contributed by atoms with Crippen LogP contribution in [0.4, 0.5) is 4.39 Å². The molecule has 1 N–H and O–H groups in total. The van der Waals surface area contributed by atoms with Gasteiger partial charge in [-0.15, -0.1) is 0 Å². The lowest BCUT2D eigenvalue weighted by Gasteiger charge is -2.40. The lowest BCUT2D eigenvalue weighted by molar-refractivity contribution is -0.147. The molecule has 1 aliphatic carbocycles. The zero-order valence-corrected chi connectivity index (χ0v) is 10.0. The summed E-state index contributed by atoms with van der Waals surface area (Å²) in [5.41, 5.74) is 0.149. The Morgan fingerprint density at radius 2 is 2.11 bits per heavy atom. The van der Waals surface area contributed by atoms with Crippen molar-refractivity contribution in [2.45, 2.75) is 37.5 Å². The Kier molecular flexibility index (Phi) is 2.54. The van der Waals surface area contributed by atoms with Gasteiger partial charge in [0.1, 0.15) is 11.6 Å². The number of benzene rings is 1. The number of aliphatic carboxylic acids is 1. The molecular weight excluding hydrogens is 235 g/mol. The van der Waals surface area contributed by atoms with E-state index in [0.29, 0.717) is 25.2 Å². The first kappa shape index (κ1) is 11.5. The molecule has 18 heavy (non-hydrogen) atoms. The van der Waals surface area contributed by atoms with Crippen LogP contribution in [0.15, 0.2) is 12.1 Å². The highest BCUT2D eigenvalue weighted by Gasteiger charge is 2.50. The van der Waals surface area contributed by atoms with Gasteiger partial charge in [0.05, 0.1) is 12.0 Å². The second-order valence-electron chi connectivity index (χ2n) is 5.10. The van der Waals surface area contributed by atoms with Crippen molar-refractivity contribution in [3.05, 3.63) is 29.1 Å². The third-order valence-electron chi connectivity index (χ3n) is 4.12. The fourth-order valence-electron chi connectivity index (χ4n) is 2.95. The van der Waals surface area contributed by atoms with Crippen molar-refractivity contribution in [3.63, 3.8) is 0 Å². The van der Waals surface area contributed by atoms with Gasteiger partial charge < -0.3 is 9.84 Å². The monoisotopic (exact) mass is 250 g/mol. The Bertz CT molecular complexity index is 506. The molecule has 0 amide bonds. The van der Waals surface area contributed by atoms with Crippen molar-refractivity contribution in [1.29, 1.82) is 0 Å². The van der Waals surface area contributed by atoms with Gasteiger partial charge in [0.15, 0.2) is 0 Å². The van der Waals surface area contributed by atoms with E-state index >= 15 is 0 Å². The second-order valence-corrected chi connectivity index (χ2v) is 5.10. The first-order valence-electron chi connectivity index (χ1n) is 6.33. The number of halogens is 1. The van der Waals surface area contributed by atoms with Crippen LogP contribution >= 0.6 is 0 Å². The van der Waals surface area contributed by atoms with Crippen LogP contribution in [0.1, 0.15) is 36.8 Å². The van der Waals surface area contributed by atoms with Gasteiger partial charge in [0.25, 0.3) is 0 Å². The van der Waals surface area contributed by atoms with Crippen molar-refractivity contribution in [1.82, 2.24) is 0 Å². The van der Waals surface area contributed by atoms with E-state index in [1.54, 1.807) is 6.07 Å². The zero-order valence-electron chi connectivity index (χ0n) is 10.0. The van der Waals surface area contributed by atoms with E-state index in [0.717, 1.165) is 24.8 Å². The summed E-state index contributed by atoms with van der Waals surface area (Å²) < 4.78 is 19.7. The largest absolute Gasteiger partial charge is 0.493 e. The molecule has 1 aliphatic heterocycles. The Morgan fingerprint density at radius 1 is 1.33 bits per heavy atom. The number of rotatable bonds is 2. The molecule has 0 unspecified atom stereocenters. The highest BCUT2D eigenvalue weighted by atomic mass is 19.1. The van der Waals surface area contributed by atoms with Gasteiger partial charge in [-0.05, 0) is 37.3 Å². The molecule has 2 aliphatic rings. The van der Waals surface area contributed by atoms with Crippen LogP contribution in [0, 0.1) is 5.82 Å². The van der Waals surface area contributed by atoms with Crippen LogP contribution in [0.25, 0.3) is 0 Å². The summed E-state index contributed by atoms with van der Waals surface area (Å²) in [6.07, 6.45) is 3.56. The molecule has 1 saturated carbocycles. The van der Waals surface area contributed by atoms with E-state index in [1.807, 2.05) is 0 Å². The quantitative estimate of drug-likeness (QED) is 0.877. The predicted molar refractivity (Wildman–Crippen MR) is 63.4 cm³/mol. The maximum Gasteiger partial charge on any atom is 0.314 e. The molecule has 0 spiro atoms. The fraction of sp³-hybridized carbons (Fsp3) is 0.500. The van der Waals surface area contributed by atoms with E-state index in [1.165, 1.54) is 6.07 Å². The van der Waals surface area contributed by atoms with Crippen LogP contribution in [0.2, 0.25) is 0 Å². The first-order chi connectivity index (χ1) is 8.65. The van der Waals surface area contributed by atoms with Crippen LogP contribution in [-0.4, -0.2) is 17.7 Å². The molecule has 0 atom stereocenters. The summed E-state index contributed by atoms with van der Waals surface area (Å²) in [5.74, 6) is -0.892. The number of carbonyl (C=O) groups is 1. The maximum absolute atomic E-state index is 14.1. The first-order valence-corrected chi connectivity index (χ1v) is 6.33. The molecule has 0 saturated heterocycles. The average Bonchev–Trinajstić information content (AvgIpc) is 2.30. The van der Waals surface area contributed by atoms with Gasteiger partial charge in [-0.3, -0.25) is 4.79 Å². The summed E-state index contributed by atoms with van der Waals surface area (Å²) in [4.78, 5) is 11.5. The molecule has 0 radical (unpaired) electrons. The standard InChI is InChI=1S/C14H15FO3/c15-10-5-4-9-3-1-8-18-12(9)11(10)14(13(16)17)6-2-7-14/h4-5H,1-3,6-8H2,(H,16,17). The van der Waals surface area contributed by atoms with Crippen LogP contribution in [0.3, 0.4) is 0 Å². The van der Waals surface area contributed by atoms with Crippen molar-refractivity contribution in [2.75, 3.05) is 6.61 Å². The maximum atomic E-state index is 14.1. The fourth-order valence-corrected chi connectivity index (χ4v) is 2.95. The van der Waals surface area contributed by atoms with Gasteiger partial charge in [0.2, 0.25) is 0 Å². The number of hydrogen-bond donors (Lipinski definition) is 1. The van der Waals surface area contributed by atoms with E-state index in [2.05, 4.69) is 0 Å². The summed E-state index contributed by atoms with van der Waals surface area (Å²) in [5, 5.41) is 9.44. The SMILES string of the molecule is O=C(O)C1(c2c(F)ccc3c2OCCC3)CCC1. The molecule has 0 aromatic heterocycles. The Hall–Kier alpha value is -1.58. The minimum absolute atomic E-state index is 0.276. The molecule has 1 heterocycles. The lowest BCUT2D eigenvalue weighted by Crippen LogP contribution is -2.43. The van der Waals surface area contributed by atoms with Crippen LogP contribution in [0.5, 0.6) is 5.75 Å². The molecule has 1 fully saturated rings. The minimum atomic E-state index is -1.06. The molecule has 4 heteroatoms. The highest BCUT2D eigenvalue weighted by Crippen LogP contribution is 2.50.